The minimum absolute atomic E-state index is 0.721. The third-order valence-corrected chi connectivity index (χ3v) is 4.12. The molecule has 0 aromatic carbocycles. The zero-order valence-electron chi connectivity index (χ0n) is 7.91. The number of halogens is 1. The molecular formula is C11H13IN2. The molecule has 2 fully saturated rings. The van der Waals surface area contributed by atoms with Gasteiger partial charge in [0.25, 0.3) is 0 Å². The monoisotopic (exact) mass is 298 g/mol. The summed E-state index contributed by atoms with van der Waals surface area (Å²) >= 11 is 2.26. The number of aromatic nitrogens is 1. The van der Waals surface area contributed by atoms with E-state index in [9.17, 15) is 0 Å². The molecule has 74 valence electrons. The van der Waals surface area contributed by atoms with E-state index < -0.39 is 0 Å². The van der Waals surface area contributed by atoms with E-state index >= 15 is 0 Å². The van der Waals surface area contributed by atoms with Crippen LogP contribution in [0.1, 0.15) is 30.7 Å². The fraction of sp³-hybridized carbons (Fsp3) is 0.545. The predicted octanol–water partition coefficient (Wildman–Crippen LogP) is 2.29. The third kappa shape index (κ3) is 1.46. The molecule has 2 nitrogen and oxygen atoms in total. The molecule has 0 saturated carbocycles. The molecule has 1 aromatic heterocycles. The molecule has 3 heterocycles. The normalized spacial score (nSPS) is 35.1. The van der Waals surface area contributed by atoms with E-state index in [1.54, 1.807) is 0 Å². The minimum atomic E-state index is 0.721. The lowest BCUT2D eigenvalue weighted by Gasteiger charge is -2.19. The van der Waals surface area contributed by atoms with Gasteiger partial charge in [-0.15, -0.1) is 0 Å². The van der Waals surface area contributed by atoms with Gasteiger partial charge in [0.2, 0.25) is 0 Å². The van der Waals surface area contributed by atoms with Gasteiger partial charge >= 0.3 is 0 Å². The Morgan fingerprint density at radius 2 is 2.29 bits per heavy atom. The quantitative estimate of drug-likeness (QED) is 0.635. The highest BCUT2D eigenvalue weighted by molar-refractivity contribution is 14.1. The summed E-state index contributed by atoms with van der Waals surface area (Å²) < 4.78 is 1.09. The molecule has 3 atom stereocenters. The zero-order chi connectivity index (χ0) is 9.54. The fourth-order valence-corrected chi connectivity index (χ4v) is 3.12. The highest BCUT2D eigenvalue weighted by Crippen LogP contribution is 2.39. The summed E-state index contributed by atoms with van der Waals surface area (Å²) in [5.74, 6) is 0.721. The number of fused-ring (bicyclic) bond motifs is 2. The Hall–Kier alpha value is -0.160. The van der Waals surface area contributed by atoms with Crippen molar-refractivity contribution in [2.24, 2.45) is 0 Å². The van der Waals surface area contributed by atoms with Crippen LogP contribution in [0.5, 0.6) is 0 Å². The topological polar surface area (TPSA) is 24.9 Å². The van der Waals surface area contributed by atoms with E-state index in [2.05, 4.69) is 51.2 Å². The van der Waals surface area contributed by atoms with E-state index in [4.69, 9.17) is 0 Å². The van der Waals surface area contributed by atoms with E-state index in [0.717, 1.165) is 21.7 Å². The first-order valence-corrected chi connectivity index (χ1v) is 6.28. The fourth-order valence-electron chi connectivity index (χ4n) is 2.80. The smallest absolute Gasteiger partial charge is 0.101 e. The van der Waals surface area contributed by atoms with Crippen molar-refractivity contribution < 1.29 is 0 Å². The maximum atomic E-state index is 4.37. The standard InChI is InChI=1S/C11H13IN2/c12-11-4-1-7(6-13-11)9-5-8-2-3-10(9)14-8/h1,4,6,8-10,14H,2-3,5H2/i12-2. The van der Waals surface area contributed by atoms with Crippen molar-refractivity contribution in [3.8, 4) is 0 Å². The molecule has 3 rings (SSSR count). The van der Waals surface area contributed by atoms with Crippen LogP contribution in [0.2, 0.25) is 0 Å². The molecule has 0 amide bonds. The minimum Gasteiger partial charge on any atom is -0.311 e. The maximum Gasteiger partial charge on any atom is 0.101 e. The Kier molecular flexibility index (Phi) is 2.24. The Labute approximate surface area is 97.6 Å². The molecule has 3 unspecified atom stereocenters. The number of rotatable bonds is 1. The first kappa shape index (κ1) is 9.09. The summed E-state index contributed by atoms with van der Waals surface area (Å²) in [4.78, 5) is 4.37. The zero-order valence-corrected chi connectivity index (χ0v) is 10.1. The van der Waals surface area contributed by atoms with Crippen molar-refractivity contribution in [1.82, 2.24) is 10.3 Å². The summed E-state index contributed by atoms with van der Waals surface area (Å²) in [6, 6.07) is 5.86. The lowest BCUT2D eigenvalue weighted by molar-refractivity contribution is 0.505. The van der Waals surface area contributed by atoms with E-state index in [1.165, 1.54) is 24.8 Å². The molecule has 2 aliphatic rings. The SMILES string of the molecule is [125I]c1ccc(C2CC3CCC2N3)cn1. The van der Waals surface area contributed by atoms with Crippen LogP contribution in [0.15, 0.2) is 18.3 Å². The van der Waals surface area contributed by atoms with E-state index in [0.29, 0.717) is 0 Å². The van der Waals surface area contributed by atoms with Gasteiger partial charge in [-0.2, -0.15) is 0 Å². The van der Waals surface area contributed by atoms with Crippen LogP contribution >= 0.6 is 22.6 Å². The van der Waals surface area contributed by atoms with Gasteiger partial charge < -0.3 is 5.32 Å². The van der Waals surface area contributed by atoms with Crippen molar-refractivity contribution in [3.63, 3.8) is 0 Å². The Balaban J connectivity index is 1.86. The molecule has 2 saturated heterocycles. The van der Waals surface area contributed by atoms with E-state index in [-0.39, 0.29) is 0 Å². The molecule has 0 spiro atoms. The van der Waals surface area contributed by atoms with Crippen LogP contribution < -0.4 is 5.32 Å². The van der Waals surface area contributed by atoms with Crippen molar-refractivity contribution in [3.05, 3.63) is 27.6 Å². The van der Waals surface area contributed by atoms with Crippen molar-refractivity contribution >= 4 is 22.6 Å². The lowest BCUT2D eigenvalue weighted by atomic mass is 9.85. The van der Waals surface area contributed by atoms with Gasteiger partial charge in [-0.3, -0.25) is 4.98 Å². The second-order valence-electron chi connectivity index (χ2n) is 4.30. The predicted molar refractivity (Wildman–Crippen MR) is 64.3 cm³/mol. The van der Waals surface area contributed by atoms with Gasteiger partial charge in [-0.05, 0) is 53.5 Å². The summed E-state index contributed by atoms with van der Waals surface area (Å²) in [6.45, 7) is 0. The third-order valence-electron chi connectivity index (χ3n) is 3.48. The van der Waals surface area contributed by atoms with Gasteiger partial charge in [0, 0.05) is 24.2 Å². The van der Waals surface area contributed by atoms with Crippen LogP contribution in [0.4, 0.5) is 0 Å². The van der Waals surface area contributed by atoms with Crippen LogP contribution in [-0.4, -0.2) is 17.1 Å². The highest BCUT2D eigenvalue weighted by atomic mass is 125. The number of pyridine rings is 1. The van der Waals surface area contributed by atoms with E-state index in [1.807, 2.05) is 0 Å². The van der Waals surface area contributed by atoms with Gasteiger partial charge in [0.1, 0.15) is 3.70 Å². The van der Waals surface area contributed by atoms with Gasteiger partial charge in [-0.1, -0.05) is 6.07 Å². The molecule has 14 heavy (non-hydrogen) atoms. The molecular weight excluding hydrogens is 285 g/mol. The molecule has 0 aliphatic carbocycles. The van der Waals surface area contributed by atoms with Crippen LogP contribution in [0.3, 0.4) is 0 Å². The molecule has 3 heteroatoms. The first-order valence-electron chi connectivity index (χ1n) is 5.20. The van der Waals surface area contributed by atoms with Crippen LogP contribution in [0, 0.1) is 3.70 Å². The maximum absolute atomic E-state index is 4.37. The van der Waals surface area contributed by atoms with Gasteiger partial charge in [0.05, 0.1) is 0 Å². The van der Waals surface area contributed by atoms with Crippen molar-refractivity contribution in [2.75, 3.05) is 0 Å². The van der Waals surface area contributed by atoms with Crippen LogP contribution in [0.25, 0.3) is 0 Å². The molecule has 1 aromatic rings. The molecule has 2 bridgehead atoms. The number of nitrogens with zero attached hydrogens (tertiary/aromatic N) is 1. The second-order valence-corrected chi connectivity index (χ2v) is 5.41. The number of hydrogen-bond donors (Lipinski definition) is 1. The number of nitrogens with one attached hydrogen (secondary N) is 1. The van der Waals surface area contributed by atoms with Gasteiger partial charge in [0.15, 0.2) is 0 Å². The van der Waals surface area contributed by atoms with Crippen molar-refractivity contribution in [1.29, 1.82) is 0 Å². The molecule has 0 radical (unpaired) electrons. The Morgan fingerprint density at radius 1 is 1.36 bits per heavy atom. The Morgan fingerprint density at radius 3 is 2.86 bits per heavy atom. The van der Waals surface area contributed by atoms with Crippen LogP contribution in [-0.2, 0) is 0 Å². The first-order chi connectivity index (χ1) is 6.83. The summed E-state index contributed by atoms with van der Waals surface area (Å²) in [5, 5.41) is 3.66. The average Bonchev–Trinajstić information content (AvgIpc) is 2.80. The largest absolute Gasteiger partial charge is 0.311 e. The van der Waals surface area contributed by atoms with Crippen molar-refractivity contribution in [2.45, 2.75) is 37.3 Å². The summed E-state index contributed by atoms with van der Waals surface area (Å²) in [5.41, 5.74) is 1.42. The highest BCUT2D eigenvalue weighted by Gasteiger charge is 2.39. The second kappa shape index (κ2) is 3.45. The Bertz CT molecular complexity index is 336. The van der Waals surface area contributed by atoms with Gasteiger partial charge in [-0.25, -0.2) is 0 Å². The molecule has 2 aliphatic heterocycles. The lowest BCUT2D eigenvalue weighted by Crippen LogP contribution is -2.21. The average molecular weight is 298 g/mol. The number of hydrogen-bond acceptors (Lipinski definition) is 2. The summed E-state index contributed by atoms with van der Waals surface area (Å²) in [7, 11) is 0. The summed E-state index contributed by atoms with van der Waals surface area (Å²) in [6.07, 6.45) is 6.09. The molecule has 1 N–H and O–H groups in total.